The second kappa shape index (κ2) is 18.3. The molecule has 3 unspecified atom stereocenters. The van der Waals surface area contributed by atoms with Gasteiger partial charge in [0.05, 0.1) is 25.1 Å². The molecule has 204 valence electrons. The number of hydrogen-bond acceptors (Lipinski definition) is 5. The molecule has 1 aliphatic heterocycles. The van der Waals surface area contributed by atoms with E-state index < -0.39 is 6.10 Å². The van der Waals surface area contributed by atoms with Crippen LogP contribution in [-0.4, -0.2) is 52.7 Å². The summed E-state index contributed by atoms with van der Waals surface area (Å²) in [5.41, 5.74) is 2.32. The van der Waals surface area contributed by atoms with Crippen LogP contribution in [0.2, 0.25) is 5.02 Å². The standard InChI is InChI=1S/C20H26ClN3O2S.C8H12.C2H6/c1-3-16(12-23(2)27-17-8-9-17)24-18(14-4-6-15(21)7-5-14)13-26-19(10-11-22)20(24)25;1-4-5-6-7-8(2)3;1-2/h4-7,16-19H,3,8-10,12-13H2,1-2H3;4-7H,1H2,2-3H3;1-2H3/b;6-5-;. The number of benzene rings is 1. The monoisotopic (exact) mass is 545 g/mol. The third-order valence-electron chi connectivity index (χ3n) is 5.72. The van der Waals surface area contributed by atoms with Crippen molar-refractivity contribution in [1.82, 2.24) is 9.21 Å². The molecular formula is C30H44ClN3O2S. The largest absolute Gasteiger partial charge is 0.365 e. The molecule has 0 spiro atoms. The lowest BCUT2D eigenvalue weighted by Crippen LogP contribution is -2.55. The number of likely N-dealkylation sites (N-methyl/N-ethyl adjacent to an activating group) is 1. The van der Waals surface area contributed by atoms with Crippen LogP contribution in [-0.2, 0) is 9.53 Å². The highest BCUT2D eigenvalue weighted by atomic mass is 35.5. The molecule has 1 aliphatic carbocycles. The Morgan fingerprint density at radius 1 is 1.30 bits per heavy atom. The molecule has 3 rings (SSSR count). The molecule has 1 heterocycles. The van der Waals surface area contributed by atoms with Crippen LogP contribution in [0.3, 0.4) is 0 Å². The summed E-state index contributed by atoms with van der Waals surface area (Å²) in [5.74, 6) is -0.0839. The Balaban J connectivity index is 0.000000586. The van der Waals surface area contributed by atoms with Gasteiger partial charge in [0.1, 0.15) is 6.10 Å². The third kappa shape index (κ3) is 11.9. The van der Waals surface area contributed by atoms with Gasteiger partial charge in [-0.1, -0.05) is 92.9 Å². The van der Waals surface area contributed by atoms with E-state index in [1.807, 2.05) is 73.2 Å². The van der Waals surface area contributed by atoms with Gasteiger partial charge in [-0.25, -0.2) is 0 Å². The third-order valence-corrected chi connectivity index (χ3v) is 7.25. The highest BCUT2D eigenvalue weighted by molar-refractivity contribution is 7.97. The van der Waals surface area contributed by atoms with Gasteiger partial charge in [-0.15, -0.1) is 0 Å². The van der Waals surface area contributed by atoms with Crippen LogP contribution >= 0.6 is 23.5 Å². The number of nitriles is 1. The Morgan fingerprint density at radius 2 is 1.95 bits per heavy atom. The zero-order valence-electron chi connectivity index (χ0n) is 23.3. The highest BCUT2D eigenvalue weighted by Gasteiger charge is 2.40. The Hall–Kier alpha value is -2.04. The number of morpholine rings is 1. The number of nitrogens with zero attached hydrogens (tertiary/aromatic N) is 3. The van der Waals surface area contributed by atoms with Crippen molar-refractivity contribution in [3.05, 3.63) is 71.3 Å². The minimum atomic E-state index is -0.672. The zero-order valence-corrected chi connectivity index (χ0v) is 24.9. The number of halogens is 1. The average molecular weight is 546 g/mol. The summed E-state index contributed by atoms with van der Waals surface area (Å²) in [4.78, 5) is 15.1. The molecule has 0 aromatic heterocycles. The molecule has 1 amide bonds. The van der Waals surface area contributed by atoms with Crippen LogP contribution in [0.25, 0.3) is 0 Å². The van der Waals surface area contributed by atoms with E-state index in [0.717, 1.165) is 23.8 Å². The number of allylic oxidation sites excluding steroid dienone is 5. The molecule has 0 bridgehead atoms. The van der Waals surface area contributed by atoms with Crippen LogP contribution in [0, 0.1) is 11.3 Å². The summed E-state index contributed by atoms with van der Waals surface area (Å²) in [6, 6.07) is 9.59. The van der Waals surface area contributed by atoms with Gasteiger partial charge < -0.3 is 9.64 Å². The van der Waals surface area contributed by atoms with Crippen molar-refractivity contribution in [1.29, 1.82) is 5.26 Å². The molecule has 1 aromatic rings. The average Bonchev–Trinajstić information content (AvgIpc) is 3.70. The van der Waals surface area contributed by atoms with E-state index in [-0.39, 0.29) is 24.4 Å². The van der Waals surface area contributed by atoms with Crippen LogP contribution < -0.4 is 0 Å². The quantitative estimate of drug-likeness (QED) is 0.222. The first kappa shape index (κ1) is 33.0. The molecular weight excluding hydrogens is 502 g/mol. The number of hydrogen-bond donors (Lipinski definition) is 0. The van der Waals surface area contributed by atoms with Gasteiger partial charge in [0.15, 0.2) is 0 Å². The SMILES string of the molecule is C=C/C=C\C=C(C)C.CC.CCC(CN(C)SC1CC1)N1C(=O)C(CC#N)OCC1c1ccc(Cl)cc1. The van der Waals surface area contributed by atoms with E-state index in [2.05, 4.69) is 44.8 Å². The minimum absolute atomic E-state index is 0.0690. The summed E-state index contributed by atoms with van der Waals surface area (Å²) >= 11 is 7.91. The maximum absolute atomic E-state index is 13.2. The summed E-state index contributed by atoms with van der Waals surface area (Å²) in [6.45, 7) is 15.0. The number of ether oxygens (including phenoxy) is 1. The van der Waals surface area contributed by atoms with Crippen molar-refractivity contribution in [3.8, 4) is 6.07 Å². The summed E-state index contributed by atoms with van der Waals surface area (Å²) in [7, 11) is 2.10. The fraction of sp³-hybridized carbons (Fsp3) is 0.533. The van der Waals surface area contributed by atoms with E-state index in [1.165, 1.54) is 18.4 Å². The number of rotatable bonds is 10. The molecule has 3 atom stereocenters. The van der Waals surface area contributed by atoms with Crippen molar-refractivity contribution < 1.29 is 9.53 Å². The molecule has 1 saturated heterocycles. The van der Waals surface area contributed by atoms with Crippen molar-refractivity contribution in [2.24, 2.45) is 0 Å². The Labute approximate surface area is 234 Å². The van der Waals surface area contributed by atoms with E-state index in [4.69, 9.17) is 21.6 Å². The van der Waals surface area contributed by atoms with Crippen molar-refractivity contribution >= 4 is 29.5 Å². The number of carbonyl (C=O) groups is 1. The maximum Gasteiger partial charge on any atom is 0.253 e. The normalized spacial score (nSPS) is 19.8. The second-order valence-corrected chi connectivity index (χ2v) is 11.0. The first-order valence-electron chi connectivity index (χ1n) is 13.2. The number of carbonyl (C=O) groups excluding carboxylic acids is 1. The Bertz CT molecular complexity index is 918. The van der Waals surface area contributed by atoms with Crippen molar-refractivity contribution in [3.63, 3.8) is 0 Å². The van der Waals surface area contributed by atoms with Crippen LogP contribution in [0.1, 0.15) is 71.9 Å². The Kier molecular flexibility index (Phi) is 16.3. The van der Waals surface area contributed by atoms with Gasteiger partial charge in [0, 0.05) is 22.9 Å². The fourth-order valence-corrected chi connectivity index (χ4v) is 5.03. The number of amides is 1. The van der Waals surface area contributed by atoms with Crippen molar-refractivity contribution in [2.45, 2.75) is 83.7 Å². The Morgan fingerprint density at radius 3 is 2.46 bits per heavy atom. The lowest BCUT2D eigenvalue weighted by Gasteiger charge is -2.44. The summed E-state index contributed by atoms with van der Waals surface area (Å²) < 4.78 is 8.02. The van der Waals surface area contributed by atoms with Crippen molar-refractivity contribution in [2.75, 3.05) is 20.2 Å². The summed E-state index contributed by atoms with van der Waals surface area (Å²) in [6.07, 6.45) is 10.5. The fourth-order valence-electron chi connectivity index (χ4n) is 3.79. The van der Waals surface area contributed by atoms with Gasteiger partial charge in [-0.05, 0) is 57.9 Å². The lowest BCUT2D eigenvalue weighted by atomic mass is 9.99. The van der Waals surface area contributed by atoms with Crippen LogP contribution in [0.4, 0.5) is 0 Å². The predicted octanol–water partition coefficient (Wildman–Crippen LogP) is 7.76. The van der Waals surface area contributed by atoms with Gasteiger partial charge in [-0.3, -0.25) is 9.10 Å². The summed E-state index contributed by atoms with van der Waals surface area (Å²) in [5, 5.41) is 10.5. The predicted molar refractivity (Wildman–Crippen MR) is 158 cm³/mol. The first-order chi connectivity index (χ1) is 17.8. The zero-order chi connectivity index (χ0) is 27.8. The van der Waals surface area contributed by atoms with Gasteiger partial charge in [-0.2, -0.15) is 5.26 Å². The minimum Gasteiger partial charge on any atom is -0.365 e. The van der Waals surface area contributed by atoms with Crippen LogP contribution in [0.15, 0.2) is 60.7 Å². The maximum atomic E-state index is 13.2. The molecule has 2 aliphatic rings. The van der Waals surface area contributed by atoms with E-state index >= 15 is 0 Å². The first-order valence-corrected chi connectivity index (χ1v) is 14.4. The van der Waals surface area contributed by atoms with Crippen LogP contribution in [0.5, 0.6) is 0 Å². The second-order valence-electron chi connectivity index (χ2n) is 9.04. The molecule has 37 heavy (non-hydrogen) atoms. The molecule has 0 radical (unpaired) electrons. The molecule has 0 N–H and O–H groups in total. The van der Waals surface area contributed by atoms with E-state index in [0.29, 0.717) is 11.6 Å². The molecule has 5 nitrogen and oxygen atoms in total. The van der Waals surface area contributed by atoms with Gasteiger partial charge in [0.2, 0.25) is 0 Å². The van der Waals surface area contributed by atoms with E-state index in [9.17, 15) is 4.79 Å². The van der Waals surface area contributed by atoms with E-state index in [1.54, 1.807) is 6.08 Å². The van der Waals surface area contributed by atoms with Gasteiger partial charge in [0.25, 0.3) is 5.91 Å². The molecule has 2 fully saturated rings. The lowest BCUT2D eigenvalue weighted by molar-refractivity contribution is -0.164. The molecule has 1 saturated carbocycles. The van der Waals surface area contributed by atoms with Gasteiger partial charge >= 0.3 is 0 Å². The smallest absolute Gasteiger partial charge is 0.253 e. The molecule has 7 heteroatoms. The topological polar surface area (TPSA) is 56.6 Å². The molecule has 1 aromatic carbocycles. The highest BCUT2D eigenvalue weighted by Crippen LogP contribution is 2.37.